The first-order valence-corrected chi connectivity index (χ1v) is 10.7. The fourth-order valence-electron chi connectivity index (χ4n) is 3.59. The first-order valence-electron chi connectivity index (χ1n) is 9.87. The number of carbonyl (C=O) groups is 3. The summed E-state index contributed by atoms with van der Waals surface area (Å²) in [6, 6.07) is 7.59. The van der Waals surface area contributed by atoms with Gasteiger partial charge in [0.25, 0.3) is 5.91 Å². The number of rotatable bonds is 7. The van der Waals surface area contributed by atoms with Crippen molar-refractivity contribution < 1.29 is 19.5 Å². The molecule has 1 aliphatic rings. The Morgan fingerprint density at radius 1 is 1.07 bits per heavy atom. The van der Waals surface area contributed by atoms with Crippen LogP contribution in [0.25, 0.3) is 0 Å². The minimum Gasteiger partial charge on any atom is -0.481 e. The summed E-state index contributed by atoms with van der Waals surface area (Å²) in [7, 11) is 0. The molecule has 154 valence electrons. The Bertz CT molecular complexity index is 918. The van der Waals surface area contributed by atoms with Gasteiger partial charge in [-0.2, -0.15) is 0 Å². The van der Waals surface area contributed by atoms with E-state index < -0.39 is 5.97 Å². The Morgan fingerprint density at radius 3 is 2.45 bits per heavy atom. The number of aryl methyl sites for hydroxylation is 2. The molecule has 7 heteroatoms. The Morgan fingerprint density at radius 2 is 1.76 bits per heavy atom. The quantitative estimate of drug-likeness (QED) is 0.616. The van der Waals surface area contributed by atoms with E-state index in [1.165, 1.54) is 11.3 Å². The van der Waals surface area contributed by atoms with Gasteiger partial charge >= 0.3 is 5.97 Å². The number of carbonyl (C=O) groups excluding carboxylic acids is 2. The molecule has 1 atom stereocenters. The largest absolute Gasteiger partial charge is 0.481 e. The molecule has 0 aliphatic heterocycles. The third-order valence-corrected chi connectivity index (χ3v) is 6.22. The van der Waals surface area contributed by atoms with E-state index in [0.29, 0.717) is 16.3 Å². The highest BCUT2D eigenvalue weighted by atomic mass is 32.1. The molecule has 0 unspecified atom stereocenters. The lowest BCUT2D eigenvalue weighted by atomic mass is 9.95. The summed E-state index contributed by atoms with van der Waals surface area (Å²) in [6.07, 6.45) is 3.89. The number of carboxylic acids is 1. The van der Waals surface area contributed by atoms with Crippen molar-refractivity contribution in [2.45, 2.75) is 52.4 Å². The number of aliphatic carboxylic acids is 1. The lowest BCUT2D eigenvalue weighted by Crippen LogP contribution is -2.20. The van der Waals surface area contributed by atoms with Gasteiger partial charge in [-0.15, -0.1) is 11.3 Å². The van der Waals surface area contributed by atoms with E-state index in [4.69, 9.17) is 5.11 Å². The van der Waals surface area contributed by atoms with Crippen LogP contribution < -0.4 is 10.6 Å². The zero-order valence-electron chi connectivity index (χ0n) is 16.7. The van der Waals surface area contributed by atoms with Crippen LogP contribution in [0.1, 0.15) is 59.0 Å². The molecule has 1 heterocycles. The van der Waals surface area contributed by atoms with E-state index in [9.17, 15) is 14.4 Å². The number of amides is 2. The summed E-state index contributed by atoms with van der Waals surface area (Å²) >= 11 is 1.46. The van der Waals surface area contributed by atoms with Gasteiger partial charge in [-0.25, -0.2) is 0 Å². The summed E-state index contributed by atoms with van der Waals surface area (Å²) in [5.74, 6) is -1.68. The van der Waals surface area contributed by atoms with Gasteiger partial charge in [0.2, 0.25) is 5.91 Å². The van der Waals surface area contributed by atoms with Gasteiger partial charge in [0.15, 0.2) is 0 Å². The van der Waals surface area contributed by atoms with Crippen LogP contribution in [0, 0.1) is 12.8 Å². The molecule has 0 radical (unpaired) electrons. The first-order chi connectivity index (χ1) is 13.8. The Hall–Kier alpha value is -2.67. The highest BCUT2D eigenvalue weighted by molar-refractivity contribution is 7.17. The third kappa shape index (κ3) is 5.44. The second kappa shape index (κ2) is 9.22. The molecule has 1 aliphatic carbocycles. The van der Waals surface area contributed by atoms with Crippen LogP contribution in [0.4, 0.5) is 10.7 Å². The van der Waals surface area contributed by atoms with Crippen LogP contribution >= 0.6 is 11.3 Å². The maximum Gasteiger partial charge on any atom is 0.303 e. The number of benzene rings is 1. The normalized spacial score (nSPS) is 14.0. The van der Waals surface area contributed by atoms with E-state index in [2.05, 4.69) is 10.6 Å². The Kier molecular flexibility index (Phi) is 6.69. The molecule has 0 saturated carbocycles. The Balaban J connectivity index is 1.80. The topological polar surface area (TPSA) is 95.5 Å². The molecular weight excluding hydrogens is 388 g/mol. The highest BCUT2D eigenvalue weighted by Gasteiger charge is 2.27. The van der Waals surface area contributed by atoms with Crippen molar-refractivity contribution in [1.29, 1.82) is 0 Å². The number of thiophene rings is 1. The van der Waals surface area contributed by atoms with Crippen LogP contribution in [0.5, 0.6) is 0 Å². The molecular formula is C22H26N2O4S. The number of carboxylic acid groups (broad SMARTS) is 1. The molecule has 3 rings (SSSR count). The highest BCUT2D eigenvalue weighted by Crippen LogP contribution is 2.38. The summed E-state index contributed by atoms with van der Waals surface area (Å²) in [4.78, 5) is 37.5. The molecule has 1 aromatic carbocycles. The monoisotopic (exact) mass is 414 g/mol. The van der Waals surface area contributed by atoms with Gasteiger partial charge in [-0.3, -0.25) is 14.4 Å². The van der Waals surface area contributed by atoms with Crippen LogP contribution in [0.2, 0.25) is 0 Å². The summed E-state index contributed by atoms with van der Waals surface area (Å²) in [5.41, 5.74) is 3.40. The van der Waals surface area contributed by atoms with Gasteiger partial charge < -0.3 is 15.7 Å². The van der Waals surface area contributed by atoms with E-state index in [1.807, 2.05) is 31.2 Å². The molecule has 29 heavy (non-hydrogen) atoms. The molecule has 2 aromatic rings. The lowest BCUT2D eigenvalue weighted by Gasteiger charge is -2.14. The minimum absolute atomic E-state index is 0.0604. The summed E-state index contributed by atoms with van der Waals surface area (Å²) < 4.78 is 0. The van der Waals surface area contributed by atoms with E-state index in [-0.39, 0.29) is 30.6 Å². The Labute approximate surface area is 174 Å². The van der Waals surface area contributed by atoms with Crippen molar-refractivity contribution in [3.8, 4) is 0 Å². The molecule has 0 spiro atoms. The molecule has 3 N–H and O–H groups in total. The van der Waals surface area contributed by atoms with Gasteiger partial charge in [0.1, 0.15) is 5.00 Å². The predicted octanol–water partition coefficient (Wildman–Crippen LogP) is 4.63. The molecule has 1 aromatic heterocycles. The van der Waals surface area contributed by atoms with Crippen molar-refractivity contribution in [2.75, 3.05) is 10.6 Å². The molecule has 2 amide bonds. The minimum atomic E-state index is -0.921. The van der Waals surface area contributed by atoms with Gasteiger partial charge in [-0.1, -0.05) is 24.6 Å². The zero-order chi connectivity index (χ0) is 21.0. The van der Waals surface area contributed by atoms with Crippen LogP contribution in [-0.4, -0.2) is 22.9 Å². The maximum absolute atomic E-state index is 13.1. The van der Waals surface area contributed by atoms with E-state index in [1.54, 1.807) is 6.92 Å². The van der Waals surface area contributed by atoms with Crippen LogP contribution in [0.15, 0.2) is 24.3 Å². The molecule has 0 saturated heterocycles. The summed E-state index contributed by atoms with van der Waals surface area (Å²) in [5, 5.41) is 15.3. The maximum atomic E-state index is 13.1. The fraction of sp³-hybridized carbons (Fsp3) is 0.409. The van der Waals surface area contributed by atoms with Crippen LogP contribution in [-0.2, 0) is 22.4 Å². The van der Waals surface area contributed by atoms with Gasteiger partial charge in [0.05, 0.1) is 5.56 Å². The van der Waals surface area contributed by atoms with E-state index >= 15 is 0 Å². The SMILES string of the molecule is Cc1ccc(NC(=O)c2c(NC(=O)C[C@@H](C)CC(=O)O)sc3c2CCCC3)cc1. The zero-order valence-corrected chi connectivity index (χ0v) is 17.5. The molecule has 6 nitrogen and oxygen atoms in total. The van der Waals surface area contributed by atoms with Gasteiger partial charge in [-0.05, 0) is 56.2 Å². The second-order valence-electron chi connectivity index (χ2n) is 7.69. The van der Waals surface area contributed by atoms with Crippen molar-refractivity contribution in [1.82, 2.24) is 0 Å². The molecule has 0 fully saturated rings. The predicted molar refractivity (Wildman–Crippen MR) is 115 cm³/mol. The lowest BCUT2D eigenvalue weighted by molar-refractivity contribution is -0.138. The van der Waals surface area contributed by atoms with Crippen molar-refractivity contribution in [3.05, 3.63) is 45.8 Å². The smallest absolute Gasteiger partial charge is 0.303 e. The van der Waals surface area contributed by atoms with Crippen molar-refractivity contribution >= 4 is 39.8 Å². The van der Waals surface area contributed by atoms with Crippen molar-refractivity contribution in [2.24, 2.45) is 5.92 Å². The first kappa shape index (κ1) is 21.0. The number of hydrogen-bond acceptors (Lipinski definition) is 4. The average Bonchev–Trinajstić information content (AvgIpc) is 3.00. The second-order valence-corrected chi connectivity index (χ2v) is 8.80. The number of nitrogens with one attached hydrogen (secondary N) is 2. The standard InChI is InChI=1S/C22H26N2O4S/c1-13-7-9-15(10-8-13)23-21(28)20-16-5-3-4-6-17(16)29-22(20)24-18(25)11-14(2)12-19(26)27/h7-10,14H,3-6,11-12H2,1-2H3,(H,23,28)(H,24,25)(H,26,27)/t14-/m1/s1. The number of anilines is 2. The third-order valence-electron chi connectivity index (χ3n) is 5.02. The van der Waals surface area contributed by atoms with E-state index in [0.717, 1.165) is 41.7 Å². The van der Waals surface area contributed by atoms with Gasteiger partial charge in [0, 0.05) is 23.4 Å². The van der Waals surface area contributed by atoms with Crippen molar-refractivity contribution in [3.63, 3.8) is 0 Å². The molecule has 0 bridgehead atoms. The number of hydrogen-bond donors (Lipinski definition) is 3. The summed E-state index contributed by atoms with van der Waals surface area (Å²) in [6.45, 7) is 3.72. The number of fused-ring (bicyclic) bond motifs is 1. The van der Waals surface area contributed by atoms with Crippen LogP contribution in [0.3, 0.4) is 0 Å². The average molecular weight is 415 g/mol. The fourth-order valence-corrected chi connectivity index (χ4v) is 4.89.